The quantitative estimate of drug-likeness (QED) is 0.684. The normalized spacial score (nSPS) is 12.2. The standard InChI is InChI=1S/C13H12N2O3S/c14-19(16,17)15-13(11-7-3-1-4-8-11)18-12-9-5-2-6-10-12/h1-10H,(H2,14,16,17)/b15-13-. The van der Waals surface area contributed by atoms with E-state index in [0.29, 0.717) is 11.3 Å². The number of para-hydroxylation sites is 1. The fourth-order valence-electron chi connectivity index (χ4n) is 1.43. The van der Waals surface area contributed by atoms with Crippen molar-refractivity contribution in [3.8, 4) is 5.75 Å². The summed E-state index contributed by atoms with van der Waals surface area (Å²) in [6.45, 7) is 0. The highest BCUT2D eigenvalue weighted by atomic mass is 32.2. The smallest absolute Gasteiger partial charge is 0.320 e. The summed E-state index contributed by atoms with van der Waals surface area (Å²) in [5.41, 5.74) is 0.528. The SMILES string of the molecule is NS(=O)(=O)/N=C(\Oc1ccccc1)c1ccccc1. The fourth-order valence-corrected chi connectivity index (χ4v) is 1.80. The van der Waals surface area contributed by atoms with E-state index in [0.717, 1.165) is 0 Å². The molecule has 0 amide bonds. The molecule has 0 aliphatic carbocycles. The van der Waals surface area contributed by atoms with Gasteiger partial charge in [0.25, 0.3) is 0 Å². The molecule has 98 valence electrons. The van der Waals surface area contributed by atoms with Crippen LogP contribution in [0.5, 0.6) is 5.75 Å². The predicted molar refractivity (Wildman–Crippen MR) is 73.2 cm³/mol. The van der Waals surface area contributed by atoms with E-state index in [1.165, 1.54) is 0 Å². The lowest BCUT2D eigenvalue weighted by Gasteiger charge is -2.08. The Morgan fingerprint density at radius 2 is 1.47 bits per heavy atom. The van der Waals surface area contributed by atoms with Gasteiger partial charge in [-0.3, -0.25) is 0 Å². The second-order valence-corrected chi connectivity index (χ2v) is 4.91. The van der Waals surface area contributed by atoms with Crippen molar-refractivity contribution in [3.63, 3.8) is 0 Å². The predicted octanol–water partition coefficient (Wildman–Crippen LogP) is 1.72. The van der Waals surface area contributed by atoms with Gasteiger partial charge in [-0.1, -0.05) is 36.4 Å². The van der Waals surface area contributed by atoms with Crippen LogP contribution < -0.4 is 9.88 Å². The third-order valence-electron chi connectivity index (χ3n) is 2.19. The van der Waals surface area contributed by atoms with Gasteiger partial charge in [-0.15, -0.1) is 4.40 Å². The topological polar surface area (TPSA) is 81.8 Å². The lowest BCUT2D eigenvalue weighted by atomic mass is 10.2. The van der Waals surface area contributed by atoms with E-state index in [4.69, 9.17) is 9.88 Å². The van der Waals surface area contributed by atoms with Crippen molar-refractivity contribution < 1.29 is 13.2 Å². The highest BCUT2D eigenvalue weighted by molar-refractivity contribution is 7.88. The molecule has 2 aromatic carbocycles. The van der Waals surface area contributed by atoms with Crippen LogP contribution in [0, 0.1) is 0 Å². The molecule has 0 bridgehead atoms. The van der Waals surface area contributed by atoms with Crippen molar-refractivity contribution in [1.82, 2.24) is 0 Å². The summed E-state index contributed by atoms with van der Waals surface area (Å²) < 4.78 is 31.1. The van der Waals surface area contributed by atoms with Crippen molar-refractivity contribution in [2.24, 2.45) is 9.54 Å². The Balaban J connectivity index is 2.39. The highest BCUT2D eigenvalue weighted by Gasteiger charge is 2.10. The van der Waals surface area contributed by atoms with Crippen molar-refractivity contribution in [1.29, 1.82) is 0 Å². The summed E-state index contributed by atoms with van der Waals surface area (Å²) in [5, 5.41) is 4.93. The zero-order valence-corrected chi connectivity index (χ0v) is 10.7. The molecular weight excluding hydrogens is 264 g/mol. The summed E-state index contributed by atoms with van der Waals surface area (Å²) >= 11 is 0. The maximum absolute atomic E-state index is 11.1. The van der Waals surface area contributed by atoms with Crippen LogP contribution in [-0.4, -0.2) is 14.3 Å². The molecule has 0 heterocycles. The van der Waals surface area contributed by atoms with Crippen molar-refractivity contribution in [2.75, 3.05) is 0 Å². The zero-order chi connectivity index (χ0) is 13.7. The number of hydrogen-bond donors (Lipinski definition) is 1. The van der Waals surface area contributed by atoms with E-state index in [1.807, 2.05) is 6.07 Å². The van der Waals surface area contributed by atoms with Crippen LogP contribution >= 0.6 is 0 Å². The van der Waals surface area contributed by atoms with E-state index >= 15 is 0 Å². The molecule has 0 aliphatic heterocycles. The summed E-state index contributed by atoms with van der Waals surface area (Å²) in [6.07, 6.45) is 0. The third-order valence-corrected chi connectivity index (χ3v) is 2.61. The van der Waals surface area contributed by atoms with Gasteiger partial charge in [-0.05, 0) is 24.3 Å². The Hall–Kier alpha value is -2.18. The molecule has 2 rings (SSSR count). The van der Waals surface area contributed by atoms with E-state index in [-0.39, 0.29) is 5.90 Å². The summed E-state index contributed by atoms with van der Waals surface area (Å²) in [4.78, 5) is 0. The van der Waals surface area contributed by atoms with Gasteiger partial charge < -0.3 is 4.74 Å². The minimum Gasteiger partial charge on any atom is -0.438 e. The van der Waals surface area contributed by atoms with Gasteiger partial charge >= 0.3 is 10.2 Å². The molecule has 0 saturated carbocycles. The number of nitrogens with zero attached hydrogens (tertiary/aromatic N) is 1. The van der Waals surface area contributed by atoms with E-state index < -0.39 is 10.2 Å². The Bertz CT molecular complexity index is 668. The minimum absolute atomic E-state index is 0.0608. The number of nitrogens with two attached hydrogens (primary N) is 1. The Morgan fingerprint density at radius 3 is 2.00 bits per heavy atom. The van der Waals surface area contributed by atoms with Crippen molar-refractivity contribution >= 4 is 16.1 Å². The van der Waals surface area contributed by atoms with Gasteiger partial charge in [-0.25, -0.2) is 5.14 Å². The van der Waals surface area contributed by atoms with Crippen LogP contribution in [0.15, 0.2) is 65.1 Å². The van der Waals surface area contributed by atoms with Crippen LogP contribution in [0.4, 0.5) is 0 Å². The van der Waals surface area contributed by atoms with Gasteiger partial charge in [-0.2, -0.15) is 8.42 Å². The molecule has 0 aliphatic rings. The molecule has 2 N–H and O–H groups in total. The zero-order valence-electron chi connectivity index (χ0n) is 9.93. The average Bonchev–Trinajstić information content (AvgIpc) is 2.39. The molecule has 5 nitrogen and oxygen atoms in total. The first-order chi connectivity index (χ1) is 9.04. The van der Waals surface area contributed by atoms with Crippen LogP contribution in [0.25, 0.3) is 0 Å². The molecule has 0 fully saturated rings. The van der Waals surface area contributed by atoms with Crippen LogP contribution in [0.1, 0.15) is 5.56 Å². The average molecular weight is 276 g/mol. The molecular formula is C13H12N2O3S. The summed E-state index contributed by atoms with van der Waals surface area (Å²) in [7, 11) is -4.03. The first kappa shape index (κ1) is 13.3. The Morgan fingerprint density at radius 1 is 0.947 bits per heavy atom. The Kier molecular flexibility index (Phi) is 3.94. The van der Waals surface area contributed by atoms with Crippen LogP contribution in [0.2, 0.25) is 0 Å². The van der Waals surface area contributed by atoms with E-state index in [9.17, 15) is 8.42 Å². The van der Waals surface area contributed by atoms with Crippen LogP contribution in [-0.2, 0) is 10.2 Å². The Labute approximate surface area is 111 Å². The molecule has 6 heteroatoms. The van der Waals surface area contributed by atoms with Gasteiger partial charge in [0.05, 0.1) is 0 Å². The van der Waals surface area contributed by atoms with Crippen molar-refractivity contribution in [3.05, 3.63) is 66.2 Å². The lowest BCUT2D eigenvalue weighted by molar-refractivity contribution is 0.550. The molecule has 2 aromatic rings. The molecule has 0 atom stereocenters. The monoisotopic (exact) mass is 276 g/mol. The molecule has 0 radical (unpaired) electrons. The van der Waals surface area contributed by atoms with Gasteiger partial charge in [0, 0.05) is 5.56 Å². The second kappa shape index (κ2) is 5.64. The van der Waals surface area contributed by atoms with E-state index in [1.54, 1.807) is 54.6 Å². The summed E-state index contributed by atoms with van der Waals surface area (Å²) in [5.74, 6) is 0.419. The first-order valence-corrected chi connectivity index (χ1v) is 6.96. The van der Waals surface area contributed by atoms with E-state index in [2.05, 4.69) is 4.40 Å². The van der Waals surface area contributed by atoms with Gasteiger partial charge in [0.2, 0.25) is 5.90 Å². The first-order valence-electron chi connectivity index (χ1n) is 5.45. The molecule has 0 unspecified atom stereocenters. The van der Waals surface area contributed by atoms with Crippen LogP contribution in [0.3, 0.4) is 0 Å². The minimum atomic E-state index is -4.03. The molecule has 19 heavy (non-hydrogen) atoms. The van der Waals surface area contributed by atoms with Crippen molar-refractivity contribution in [2.45, 2.75) is 0 Å². The summed E-state index contributed by atoms with van der Waals surface area (Å²) in [6, 6.07) is 17.4. The maximum atomic E-state index is 11.1. The maximum Gasteiger partial charge on any atom is 0.320 e. The lowest BCUT2D eigenvalue weighted by Crippen LogP contribution is -2.17. The van der Waals surface area contributed by atoms with Gasteiger partial charge in [0.15, 0.2) is 0 Å². The van der Waals surface area contributed by atoms with Gasteiger partial charge in [0.1, 0.15) is 5.75 Å². The molecule has 0 saturated heterocycles. The second-order valence-electron chi connectivity index (χ2n) is 3.69. The molecule has 0 spiro atoms. The highest BCUT2D eigenvalue weighted by Crippen LogP contribution is 2.13. The third kappa shape index (κ3) is 4.20. The fraction of sp³-hybridized carbons (Fsp3) is 0. The number of hydrogen-bond acceptors (Lipinski definition) is 3. The molecule has 0 aromatic heterocycles. The largest absolute Gasteiger partial charge is 0.438 e. The number of ether oxygens (including phenoxy) is 1. The number of benzene rings is 2. The number of rotatable bonds is 3.